The molecule has 1 unspecified atom stereocenters. The van der Waals surface area contributed by atoms with Crippen LogP contribution in [0.3, 0.4) is 0 Å². The number of allylic oxidation sites excluding steroid dienone is 2. The van der Waals surface area contributed by atoms with E-state index >= 15 is 0 Å². The lowest BCUT2D eigenvalue weighted by atomic mass is 9.77. The van der Waals surface area contributed by atoms with Gasteiger partial charge in [-0.05, 0) is 32.8 Å². The Bertz CT molecular complexity index is 502. The topological polar surface area (TPSA) is 63.6 Å². The quantitative estimate of drug-likeness (QED) is 0.493. The fraction of sp³-hybridized carbons (Fsp3) is 0.375. The summed E-state index contributed by atoms with van der Waals surface area (Å²) in [5.74, 6) is -1.92. The van der Waals surface area contributed by atoms with E-state index in [2.05, 4.69) is 0 Å². The van der Waals surface area contributed by atoms with Gasteiger partial charge in [-0.25, -0.2) is 0 Å². The summed E-state index contributed by atoms with van der Waals surface area (Å²) in [5.41, 5.74) is -0.244. The van der Waals surface area contributed by atoms with Crippen LogP contribution in [0.2, 0.25) is 0 Å². The molecule has 20 heavy (non-hydrogen) atoms. The number of carboxylic acid groups (broad SMARTS) is 1. The molecule has 108 valence electrons. The molecule has 4 nitrogen and oxygen atoms in total. The molecule has 1 N–H and O–H groups in total. The highest BCUT2D eigenvalue weighted by Gasteiger charge is 2.48. The van der Waals surface area contributed by atoms with E-state index in [-0.39, 0.29) is 13.0 Å². The molecule has 1 aromatic carbocycles. The number of rotatable bonds is 6. The van der Waals surface area contributed by atoms with Crippen molar-refractivity contribution in [3.05, 3.63) is 47.5 Å². The van der Waals surface area contributed by atoms with Crippen LogP contribution in [0.15, 0.2) is 36.4 Å². The maximum Gasteiger partial charge on any atom is 0.328 e. The van der Waals surface area contributed by atoms with Crippen LogP contribution in [0, 0.1) is 6.92 Å². The van der Waals surface area contributed by atoms with E-state index < -0.39 is 17.4 Å². The van der Waals surface area contributed by atoms with Crippen molar-refractivity contribution in [1.29, 1.82) is 0 Å². The number of carbonyl (C=O) groups is 2. The van der Waals surface area contributed by atoms with E-state index in [0.717, 1.165) is 5.56 Å². The zero-order valence-electron chi connectivity index (χ0n) is 12.1. The summed E-state index contributed by atoms with van der Waals surface area (Å²) in [4.78, 5) is 24.1. The minimum atomic E-state index is -1.68. The first-order chi connectivity index (χ1) is 9.48. The molecule has 0 aliphatic heterocycles. The fourth-order valence-corrected chi connectivity index (χ4v) is 2.00. The van der Waals surface area contributed by atoms with Crippen molar-refractivity contribution in [2.45, 2.75) is 32.6 Å². The summed E-state index contributed by atoms with van der Waals surface area (Å²) in [6.07, 6.45) is 3.47. The monoisotopic (exact) mass is 276 g/mol. The Morgan fingerprint density at radius 3 is 2.35 bits per heavy atom. The minimum absolute atomic E-state index is 0.0702. The predicted molar refractivity (Wildman–Crippen MR) is 76.6 cm³/mol. The van der Waals surface area contributed by atoms with Gasteiger partial charge in [-0.3, -0.25) is 9.59 Å². The van der Waals surface area contributed by atoms with Crippen molar-refractivity contribution < 1.29 is 19.4 Å². The highest BCUT2D eigenvalue weighted by atomic mass is 16.5. The van der Waals surface area contributed by atoms with Gasteiger partial charge in [-0.1, -0.05) is 42.0 Å². The van der Waals surface area contributed by atoms with Gasteiger partial charge in [0.05, 0.1) is 6.61 Å². The molecule has 4 heteroatoms. The molecule has 1 rings (SSSR count). The summed E-state index contributed by atoms with van der Waals surface area (Å²) >= 11 is 0. The molecule has 0 spiro atoms. The third-order valence-corrected chi connectivity index (χ3v) is 3.19. The van der Waals surface area contributed by atoms with Gasteiger partial charge < -0.3 is 9.84 Å². The van der Waals surface area contributed by atoms with Crippen LogP contribution >= 0.6 is 0 Å². The highest BCUT2D eigenvalue weighted by Crippen LogP contribution is 2.31. The molecule has 0 heterocycles. The number of esters is 1. The molecule has 0 fully saturated rings. The van der Waals surface area contributed by atoms with Crippen LogP contribution in [0.4, 0.5) is 0 Å². The molecular formula is C16H20O4. The second kappa shape index (κ2) is 6.89. The lowest BCUT2D eigenvalue weighted by Gasteiger charge is -2.26. The summed E-state index contributed by atoms with van der Waals surface area (Å²) in [5, 5.41) is 9.64. The van der Waals surface area contributed by atoms with E-state index in [1.807, 2.05) is 6.92 Å². The second-order valence-electron chi connectivity index (χ2n) is 4.57. The van der Waals surface area contributed by atoms with Gasteiger partial charge in [-0.15, -0.1) is 0 Å². The number of aryl methyl sites for hydroxylation is 1. The maximum absolute atomic E-state index is 12.3. The van der Waals surface area contributed by atoms with Crippen molar-refractivity contribution in [3.63, 3.8) is 0 Å². The molecule has 0 aliphatic rings. The smallest absolute Gasteiger partial charge is 0.328 e. The van der Waals surface area contributed by atoms with Gasteiger partial charge in [0, 0.05) is 0 Å². The lowest BCUT2D eigenvalue weighted by molar-refractivity contribution is -0.161. The largest absolute Gasteiger partial charge is 0.480 e. The van der Waals surface area contributed by atoms with Crippen molar-refractivity contribution in [3.8, 4) is 0 Å². The highest BCUT2D eigenvalue weighted by molar-refractivity contribution is 6.05. The summed E-state index contributed by atoms with van der Waals surface area (Å²) in [6, 6.07) is 6.93. The van der Waals surface area contributed by atoms with E-state index in [9.17, 15) is 14.7 Å². The van der Waals surface area contributed by atoms with Gasteiger partial charge in [0.1, 0.15) is 0 Å². The molecule has 1 atom stereocenters. The molecule has 0 aliphatic carbocycles. The molecule has 0 aromatic heterocycles. The zero-order chi connectivity index (χ0) is 15.2. The second-order valence-corrected chi connectivity index (χ2v) is 4.57. The van der Waals surface area contributed by atoms with Gasteiger partial charge in [0.15, 0.2) is 5.41 Å². The molecule has 1 aromatic rings. The van der Waals surface area contributed by atoms with E-state index in [1.165, 1.54) is 0 Å². The molecule has 0 saturated heterocycles. The molecule has 0 radical (unpaired) electrons. The van der Waals surface area contributed by atoms with Gasteiger partial charge >= 0.3 is 11.9 Å². The van der Waals surface area contributed by atoms with Crippen molar-refractivity contribution in [2.24, 2.45) is 0 Å². The Kier molecular flexibility index (Phi) is 5.50. The van der Waals surface area contributed by atoms with Gasteiger partial charge in [-0.2, -0.15) is 0 Å². The summed E-state index contributed by atoms with van der Waals surface area (Å²) < 4.78 is 5.00. The summed E-state index contributed by atoms with van der Waals surface area (Å²) in [6.45, 7) is 5.50. The number of carbonyl (C=O) groups excluding carboxylic acids is 1. The Labute approximate surface area is 119 Å². The Hall–Kier alpha value is -2.10. The molecule has 0 bridgehead atoms. The number of aliphatic carboxylic acids is 1. The predicted octanol–water partition coefficient (Wildman–Crippen LogP) is 2.85. The standard InChI is InChI=1S/C16H20O4/c1-4-6-11-16(14(17)18,15(19)20-5-2)13-9-7-12(3)8-10-13/h4,6-10H,5,11H2,1-3H3,(H,17,18)/b6-4+. The summed E-state index contributed by atoms with van der Waals surface area (Å²) in [7, 11) is 0. The van der Waals surface area contributed by atoms with E-state index in [4.69, 9.17) is 4.74 Å². The van der Waals surface area contributed by atoms with Crippen LogP contribution in [0.25, 0.3) is 0 Å². The Morgan fingerprint density at radius 1 is 1.30 bits per heavy atom. The average Bonchev–Trinajstić information content (AvgIpc) is 2.41. The number of hydrogen-bond acceptors (Lipinski definition) is 3. The average molecular weight is 276 g/mol. The number of benzene rings is 1. The Balaban J connectivity index is 3.39. The first-order valence-corrected chi connectivity index (χ1v) is 6.58. The fourth-order valence-electron chi connectivity index (χ4n) is 2.00. The molecule has 0 saturated carbocycles. The third kappa shape index (κ3) is 3.07. The number of hydrogen-bond donors (Lipinski definition) is 1. The first-order valence-electron chi connectivity index (χ1n) is 6.58. The molecular weight excluding hydrogens is 256 g/mol. The van der Waals surface area contributed by atoms with E-state index in [1.54, 1.807) is 50.3 Å². The SMILES string of the molecule is C/C=C/CC(C(=O)O)(C(=O)OCC)c1ccc(C)cc1. The number of carboxylic acids is 1. The van der Waals surface area contributed by atoms with Crippen molar-refractivity contribution in [2.75, 3.05) is 6.61 Å². The van der Waals surface area contributed by atoms with Crippen LogP contribution in [0.5, 0.6) is 0 Å². The lowest BCUT2D eigenvalue weighted by Crippen LogP contribution is -2.44. The van der Waals surface area contributed by atoms with Crippen LogP contribution in [0.1, 0.15) is 31.4 Å². The zero-order valence-corrected chi connectivity index (χ0v) is 12.1. The van der Waals surface area contributed by atoms with Crippen LogP contribution < -0.4 is 0 Å². The number of ether oxygens (including phenoxy) is 1. The Morgan fingerprint density at radius 2 is 1.90 bits per heavy atom. The van der Waals surface area contributed by atoms with E-state index in [0.29, 0.717) is 5.56 Å². The maximum atomic E-state index is 12.3. The van der Waals surface area contributed by atoms with Crippen LogP contribution in [-0.4, -0.2) is 23.7 Å². The van der Waals surface area contributed by atoms with Gasteiger partial charge in [0.2, 0.25) is 0 Å². The van der Waals surface area contributed by atoms with Crippen molar-refractivity contribution in [1.82, 2.24) is 0 Å². The van der Waals surface area contributed by atoms with Gasteiger partial charge in [0.25, 0.3) is 0 Å². The molecule has 0 amide bonds. The normalized spacial score (nSPS) is 13.9. The van der Waals surface area contributed by atoms with Crippen LogP contribution in [-0.2, 0) is 19.7 Å². The minimum Gasteiger partial charge on any atom is -0.480 e. The first kappa shape index (κ1) is 16.0. The van der Waals surface area contributed by atoms with Crippen molar-refractivity contribution >= 4 is 11.9 Å². The third-order valence-electron chi connectivity index (χ3n) is 3.19.